The van der Waals surface area contributed by atoms with Crippen LogP contribution in [0.4, 0.5) is 0 Å². The highest BCUT2D eigenvalue weighted by molar-refractivity contribution is 6.26. The first kappa shape index (κ1) is 31.1. The Kier molecular flexibility index (Phi) is 6.44. The lowest BCUT2D eigenvalue weighted by molar-refractivity contribution is 0.673. The van der Waals surface area contributed by atoms with Crippen molar-refractivity contribution in [2.75, 3.05) is 0 Å². The van der Waals surface area contributed by atoms with Crippen LogP contribution in [0.3, 0.4) is 0 Å². The first-order chi connectivity index (χ1) is 27.6. The van der Waals surface area contributed by atoms with Gasteiger partial charge in [-0.05, 0) is 87.3 Å². The van der Waals surface area contributed by atoms with E-state index in [9.17, 15) is 0 Å². The summed E-state index contributed by atoms with van der Waals surface area (Å²) in [6, 6.07) is 58.4. The molecule has 0 radical (unpaired) electrons. The molecular formula is C52H33N3O. The first-order valence-corrected chi connectivity index (χ1v) is 19.2. The van der Waals surface area contributed by atoms with E-state index in [4.69, 9.17) is 14.4 Å². The van der Waals surface area contributed by atoms with Gasteiger partial charge in [0.1, 0.15) is 16.9 Å². The molecule has 0 aliphatic rings. The number of hydrogen-bond acceptors (Lipinski definition) is 3. The Hall–Kier alpha value is -7.30. The Morgan fingerprint density at radius 3 is 1.98 bits per heavy atom. The van der Waals surface area contributed by atoms with Gasteiger partial charge in [0.2, 0.25) is 0 Å². The van der Waals surface area contributed by atoms with Gasteiger partial charge in [0.25, 0.3) is 0 Å². The maximum atomic E-state index is 6.66. The van der Waals surface area contributed by atoms with Crippen molar-refractivity contribution >= 4 is 87.1 Å². The normalized spacial score (nSPS) is 12.1. The monoisotopic (exact) mass is 715 g/mol. The zero-order valence-electron chi connectivity index (χ0n) is 30.8. The molecule has 262 valence electrons. The summed E-state index contributed by atoms with van der Waals surface area (Å²) >= 11 is 0. The van der Waals surface area contributed by atoms with E-state index >= 15 is 0 Å². The third kappa shape index (κ3) is 4.35. The molecule has 12 rings (SSSR count). The first-order valence-electron chi connectivity index (χ1n) is 19.2. The fraction of sp³-hybridized carbons (Fsp3) is 0.0385. The van der Waals surface area contributed by atoms with Crippen molar-refractivity contribution in [2.45, 2.75) is 13.8 Å². The highest BCUT2D eigenvalue weighted by atomic mass is 16.3. The van der Waals surface area contributed by atoms with Crippen LogP contribution in [0.2, 0.25) is 0 Å². The zero-order chi connectivity index (χ0) is 37.1. The predicted octanol–water partition coefficient (Wildman–Crippen LogP) is 14.0. The van der Waals surface area contributed by atoms with Gasteiger partial charge in [-0.25, -0.2) is 9.97 Å². The third-order valence-corrected chi connectivity index (χ3v) is 11.8. The number of aryl methyl sites for hydroxylation is 2. The molecule has 0 atom stereocenters. The van der Waals surface area contributed by atoms with Gasteiger partial charge >= 0.3 is 0 Å². The van der Waals surface area contributed by atoms with Crippen LogP contribution in [0.25, 0.3) is 115 Å². The SMILES string of the molecule is Cc1cc2ccccc2cc1-c1c(C)c2c(c3ccccc13)c1ccccc1n2-c1nc2cc3oc4c5ccccc5ccc4c3cc2nc1-c1ccccc1. The average molecular weight is 716 g/mol. The van der Waals surface area contributed by atoms with Crippen LogP contribution in [0.5, 0.6) is 0 Å². The average Bonchev–Trinajstić information content (AvgIpc) is 3.79. The summed E-state index contributed by atoms with van der Waals surface area (Å²) in [5, 5.41) is 11.7. The molecule has 3 aromatic heterocycles. The van der Waals surface area contributed by atoms with Crippen molar-refractivity contribution in [2.24, 2.45) is 0 Å². The Labute approximate surface area is 321 Å². The lowest BCUT2D eigenvalue weighted by Crippen LogP contribution is -2.05. The molecule has 0 aliphatic carbocycles. The number of rotatable bonds is 3. The molecular weight excluding hydrogens is 683 g/mol. The number of hydrogen-bond donors (Lipinski definition) is 0. The second-order valence-electron chi connectivity index (χ2n) is 15.0. The molecule has 0 fully saturated rings. The van der Waals surface area contributed by atoms with E-state index in [1.54, 1.807) is 0 Å². The molecule has 0 aliphatic heterocycles. The lowest BCUT2D eigenvalue weighted by Gasteiger charge is -2.19. The summed E-state index contributed by atoms with van der Waals surface area (Å²) in [5.41, 5.74) is 12.3. The van der Waals surface area contributed by atoms with Crippen molar-refractivity contribution in [1.29, 1.82) is 0 Å². The van der Waals surface area contributed by atoms with E-state index in [-0.39, 0.29) is 0 Å². The van der Waals surface area contributed by atoms with Gasteiger partial charge in [0.05, 0.1) is 22.1 Å². The second kappa shape index (κ2) is 11.6. The summed E-state index contributed by atoms with van der Waals surface area (Å²) in [7, 11) is 0. The van der Waals surface area contributed by atoms with Crippen molar-refractivity contribution in [3.8, 4) is 28.2 Å². The Morgan fingerprint density at radius 2 is 1.16 bits per heavy atom. The molecule has 0 spiro atoms. The van der Waals surface area contributed by atoms with E-state index in [1.807, 2.05) is 0 Å². The van der Waals surface area contributed by atoms with Crippen molar-refractivity contribution < 1.29 is 4.42 Å². The van der Waals surface area contributed by atoms with Gasteiger partial charge in [-0.2, -0.15) is 0 Å². The van der Waals surface area contributed by atoms with Gasteiger partial charge in [0.15, 0.2) is 5.82 Å². The van der Waals surface area contributed by atoms with Gasteiger partial charge < -0.3 is 4.42 Å². The maximum Gasteiger partial charge on any atom is 0.165 e. The molecule has 0 saturated heterocycles. The summed E-state index contributed by atoms with van der Waals surface area (Å²) < 4.78 is 9.03. The molecule has 0 bridgehead atoms. The van der Waals surface area contributed by atoms with Gasteiger partial charge in [-0.15, -0.1) is 0 Å². The van der Waals surface area contributed by atoms with Gasteiger partial charge in [0, 0.05) is 38.6 Å². The van der Waals surface area contributed by atoms with E-state index < -0.39 is 0 Å². The molecule has 12 aromatic rings. The minimum atomic E-state index is 0.783. The van der Waals surface area contributed by atoms with E-state index in [1.165, 1.54) is 54.6 Å². The fourth-order valence-electron chi connectivity index (χ4n) is 9.29. The highest BCUT2D eigenvalue weighted by Crippen LogP contribution is 2.46. The van der Waals surface area contributed by atoms with Gasteiger partial charge in [-0.3, -0.25) is 4.57 Å². The zero-order valence-corrected chi connectivity index (χ0v) is 30.8. The number of aromatic nitrogens is 3. The molecule has 0 unspecified atom stereocenters. The number of fused-ring (bicyclic) bond motifs is 12. The number of nitrogens with zero attached hydrogens (tertiary/aromatic N) is 3. The summed E-state index contributed by atoms with van der Waals surface area (Å²) in [6.45, 7) is 4.52. The second-order valence-corrected chi connectivity index (χ2v) is 15.0. The maximum absolute atomic E-state index is 6.66. The minimum absolute atomic E-state index is 0.783. The lowest BCUT2D eigenvalue weighted by atomic mass is 9.87. The molecule has 4 heteroatoms. The molecule has 0 saturated carbocycles. The molecule has 56 heavy (non-hydrogen) atoms. The minimum Gasteiger partial charge on any atom is -0.455 e. The Balaban J connectivity index is 1.23. The van der Waals surface area contributed by atoms with E-state index in [0.29, 0.717) is 0 Å². The van der Waals surface area contributed by atoms with Crippen LogP contribution < -0.4 is 0 Å². The van der Waals surface area contributed by atoms with Crippen molar-refractivity contribution in [3.05, 3.63) is 175 Å². The molecule has 0 N–H and O–H groups in total. The van der Waals surface area contributed by atoms with Crippen molar-refractivity contribution in [1.82, 2.24) is 14.5 Å². The van der Waals surface area contributed by atoms with Crippen LogP contribution in [0, 0.1) is 13.8 Å². The van der Waals surface area contributed by atoms with Crippen LogP contribution in [0.1, 0.15) is 11.1 Å². The quantitative estimate of drug-likeness (QED) is 0.183. The Bertz CT molecular complexity index is 3610. The number of benzene rings is 9. The standard InChI is InChI=1S/C52H33N3O/c1-30-26-34-17-6-7-18-35(34)27-41(30)47-31(2)50-48(38-21-11-10-20-37(38)47)40-22-12-13-23-45(40)55(50)52-49(33-15-4-3-5-16-33)53-43-28-42-39-25-24-32-14-8-9-19-36(32)51(39)56-46(42)29-44(43)54-52/h3-29H,1-2H3. The fourth-order valence-corrected chi connectivity index (χ4v) is 9.29. The smallest absolute Gasteiger partial charge is 0.165 e. The third-order valence-electron chi connectivity index (χ3n) is 11.8. The largest absolute Gasteiger partial charge is 0.455 e. The number of para-hydroxylation sites is 1. The van der Waals surface area contributed by atoms with E-state index in [0.717, 1.165) is 71.9 Å². The van der Waals surface area contributed by atoms with Crippen LogP contribution in [-0.2, 0) is 0 Å². The topological polar surface area (TPSA) is 43.9 Å². The highest BCUT2D eigenvalue weighted by Gasteiger charge is 2.25. The van der Waals surface area contributed by atoms with E-state index in [2.05, 4.69) is 182 Å². The molecule has 4 nitrogen and oxygen atoms in total. The van der Waals surface area contributed by atoms with Gasteiger partial charge in [-0.1, -0.05) is 133 Å². The summed E-state index contributed by atoms with van der Waals surface area (Å²) in [6.07, 6.45) is 0. The summed E-state index contributed by atoms with van der Waals surface area (Å²) in [5.74, 6) is 0.787. The Morgan fingerprint density at radius 1 is 0.500 bits per heavy atom. The summed E-state index contributed by atoms with van der Waals surface area (Å²) in [4.78, 5) is 11.1. The van der Waals surface area contributed by atoms with Crippen molar-refractivity contribution in [3.63, 3.8) is 0 Å². The molecule has 0 amide bonds. The molecule has 9 aromatic carbocycles. The predicted molar refractivity (Wildman–Crippen MR) is 234 cm³/mol. The number of furan rings is 1. The van der Waals surface area contributed by atoms with Crippen LogP contribution >= 0.6 is 0 Å². The van der Waals surface area contributed by atoms with Crippen LogP contribution in [0.15, 0.2) is 168 Å². The molecule has 3 heterocycles. The van der Waals surface area contributed by atoms with Crippen LogP contribution in [-0.4, -0.2) is 14.5 Å².